The van der Waals surface area contributed by atoms with Gasteiger partial charge in [-0.05, 0) is 30.5 Å². The van der Waals surface area contributed by atoms with Gasteiger partial charge in [0.25, 0.3) is 0 Å². The topological polar surface area (TPSA) is 24.9 Å². The van der Waals surface area contributed by atoms with E-state index in [0.29, 0.717) is 5.92 Å². The summed E-state index contributed by atoms with van der Waals surface area (Å²) in [6.07, 6.45) is 1.20. The number of rotatable bonds is 5. The predicted molar refractivity (Wildman–Crippen MR) is 83.6 cm³/mol. The molecular formula is C17H25FN2O2. The van der Waals surface area contributed by atoms with E-state index in [1.807, 2.05) is 0 Å². The number of piperazine rings is 1. The lowest BCUT2D eigenvalue weighted by Gasteiger charge is -2.35. The van der Waals surface area contributed by atoms with Crippen LogP contribution in [0.1, 0.15) is 12.0 Å². The summed E-state index contributed by atoms with van der Waals surface area (Å²) in [7, 11) is 1.64. The summed E-state index contributed by atoms with van der Waals surface area (Å²) in [6, 6.07) is 4.74. The molecule has 0 bridgehead atoms. The Labute approximate surface area is 131 Å². The van der Waals surface area contributed by atoms with E-state index in [9.17, 15) is 4.39 Å². The van der Waals surface area contributed by atoms with E-state index < -0.39 is 0 Å². The standard InChI is InChI=1S/C17H25FN2O2/c1-21-17-3-2-16(18)10-15(17)12-20-7-5-19(6-8-20)11-14-4-9-22-13-14/h2-3,10,14H,4-9,11-13H2,1H3/t14-/m0/s1. The number of hydrogen-bond acceptors (Lipinski definition) is 4. The van der Waals surface area contributed by atoms with Gasteiger partial charge in [0.05, 0.1) is 13.7 Å². The number of hydrogen-bond donors (Lipinski definition) is 0. The van der Waals surface area contributed by atoms with Gasteiger partial charge in [-0.15, -0.1) is 0 Å². The molecule has 22 heavy (non-hydrogen) atoms. The van der Waals surface area contributed by atoms with Crippen LogP contribution in [0.15, 0.2) is 18.2 Å². The van der Waals surface area contributed by atoms with Crippen LogP contribution in [-0.2, 0) is 11.3 Å². The van der Waals surface area contributed by atoms with Crippen molar-refractivity contribution in [2.24, 2.45) is 5.92 Å². The molecule has 0 aliphatic carbocycles. The van der Waals surface area contributed by atoms with E-state index >= 15 is 0 Å². The van der Waals surface area contributed by atoms with Crippen LogP contribution in [0.5, 0.6) is 5.75 Å². The first-order chi connectivity index (χ1) is 10.7. The Kier molecular flexibility index (Phi) is 5.28. The van der Waals surface area contributed by atoms with Crippen LogP contribution >= 0.6 is 0 Å². The van der Waals surface area contributed by atoms with Crippen molar-refractivity contribution in [2.45, 2.75) is 13.0 Å². The zero-order valence-corrected chi connectivity index (χ0v) is 13.3. The average molecular weight is 308 g/mol. The summed E-state index contributed by atoms with van der Waals surface area (Å²) in [5, 5.41) is 0. The third-order valence-corrected chi connectivity index (χ3v) is 4.64. The summed E-state index contributed by atoms with van der Waals surface area (Å²) >= 11 is 0. The first-order valence-corrected chi connectivity index (χ1v) is 8.09. The van der Waals surface area contributed by atoms with Gasteiger partial charge in [0.1, 0.15) is 11.6 Å². The van der Waals surface area contributed by atoms with Crippen LogP contribution in [0.2, 0.25) is 0 Å². The first-order valence-electron chi connectivity index (χ1n) is 8.09. The highest BCUT2D eigenvalue weighted by molar-refractivity contribution is 5.33. The second-order valence-corrected chi connectivity index (χ2v) is 6.26. The average Bonchev–Trinajstić information content (AvgIpc) is 3.02. The third kappa shape index (κ3) is 3.97. The van der Waals surface area contributed by atoms with Gasteiger partial charge in [-0.2, -0.15) is 0 Å². The van der Waals surface area contributed by atoms with E-state index in [2.05, 4.69) is 9.80 Å². The highest BCUT2D eigenvalue weighted by atomic mass is 19.1. The van der Waals surface area contributed by atoms with E-state index in [1.54, 1.807) is 19.2 Å². The van der Waals surface area contributed by atoms with Gasteiger partial charge in [0.2, 0.25) is 0 Å². The second kappa shape index (κ2) is 7.40. The zero-order chi connectivity index (χ0) is 15.4. The fourth-order valence-electron chi connectivity index (χ4n) is 3.33. The van der Waals surface area contributed by atoms with E-state index in [1.165, 1.54) is 12.5 Å². The quantitative estimate of drug-likeness (QED) is 0.830. The predicted octanol–water partition coefficient (Wildman–Crippen LogP) is 1.99. The number of nitrogens with zero attached hydrogens (tertiary/aromatic N) is 2. The normalized spacial score (nSPS) is 23.8. The highest BCUT2D eigenvalue weighted by Gasteiger charge is 2.23. The summed E-state index contributed by atoms with van der Waals surface area (Å²) in [5.41, 5.74) is 0.931. The summed E-state index contributed by atoms with van der Waals surface area (Å²) in [5.74, 6) is 1.28. The largest absolute Gasteiger partial charge is 0.496 e. The molecule has 122 valence electrons. The SMILES string of the molecule is COc1ccc(F)cc1CN1CCN(C[C@@H]2CCOC2)CC1. The summed E-state index contributed by atoms with van der Waals surface area (Å²) < 4.78 is 24.2. The minimum absolute atomic E-state index is 0.198. The Morgan fingerprint density at radius 2 is 2.00 bits per heavy atom. The monoisotopic (exact) mass is 308 g/mol. The maximum Gasteiger partial charge on any atom is 0.123 e. The maximum atomic E-state index is 13.4. The number of ether oxygens (including phenoxy) is 2. The van der Waals surface area contributed by atoms with E-state index in [-0.39, 0.29) is 5.82 Å². The van der Waals surface area contributed by atoms with Gasteiger partial charge in [-0.1, -0.05) is 0 Å². The van der Waals surface area contributed by atoms with Crippen LogP contribution in [0.3, 0.4) is 0 Å². The van der Waals surface area contributed by atoms with Crippen molar-refractivity contribution in [3.8, 4) is 5.75 Å². The molecule has 2 saturated heterocycles. The molecule has 5 heteroatoms. The van der Waals surface area contributed by atoms with Gasteiger partial charge >= 0.3 is 0 Å². The Balaban J connectivity index is 1.50. The Bertz CT molecular complexity index is 484. The van der Waals surface area contributed by atoms with Crippen molar-refractivity contribution in [1.29, 1.82) is 0 Å². The van der Waals surface area contributed by atoms with Gasteiger partial charge < -0.3 is 14.4 Å². The molecule has 4 nitrogen and oxygen atoms in total. The number of halogens is 1. The summed E-state index contributed by atoms with van der Waals surface area (Å²) in [4.78, 5) is 4.90. The van der Waals surface area contributed by atoms with Crippen molar-refractivity contribution < 1.29 is 13.9 Å². The first kappa shape index (κ1) is 15.7. The van der Waals surface area contributed by atoms with Crippen LogP contribution < -0.4 is 4.74 Å². The van der Waals surface area contributed by atoms with Crippen LogP contribution in [-0.4, -0.2) is 62.8 Å². The molecular weight excluding hydrogens is 283 g/mol. The minimum atomic E-state index is -0.198. The van der Waals surface area contributed by atoms with Crippen molar-refractivity contribution in [3.05, 3.63) is 29.6 Å². The Hall–Kier alpha value is -1.17. The fourth-order valence-corrected chi connectivity index (χ4v) is 3.33. The molecule has 2 heterocycles. The van der Waals surface area contributed by atoms with Crippen molar-refractivity contribution >= 4 is 0 Å². The molecule has 0 saturated carbocycles. The van der Waals surface area contributed by atoms with Gasteiger partial charge in [-0.25, -0.2) is 4.39 Å². The van der Waals surface area contributed by atoms with Gasteiger partial charge in [-0.3, -0.25) is 4.90 Å². The zero-order valence-electron chi connectivity index (χ0n) is 13.3. The molecule has 3 rings (SSSR count). The molecule has 2 aliphatic rings. The fraction of sp³-hybridized carbons (Fsp3) is 0.647. The summed E-state index contributed by atoms with van der Waals surface area (Å²) in [6.45, 7) is 7.94. The molecule has 0 radical (unpaired) electrons. The lowest BCUT2D eigenvalue weighted by Crippen LogP contribution is -2.47. The maximum absolute atomic E-state index is 13.4. The smallest absolute Gasteiger partial charge is 0.123 e. The van der Waals surface area contributed by atoms with Crippen LogP contribution in [0.4, 0.5) is 4.39 Å². The van der Waals surface area contributed by atoms with Crippen LogP contribution in [0, 0.1) is 11.7 Å². The number of methoxy groups -OCH3 is 1. The van der Waals surface area contributed by atoms with Crippen LogP contribution in [0.25, 0.3) is 0 Å². The lowest BCUT2D eigenvalue weighted by molar-refractivity contribution is 0.106. The van der Waals surface area contributed by atoms with Crippen molar-refractivity contribution in [3.63, 3.8) is 0 Å². The van der Waals surface area contributed by atoms with Crippen molar-refractivity contribution in [2.75, 3.05) is 53.0 Å². The Morgan fingerprint density at radius 1 is 1.23 bits per heavy atom. The van der Waals surface area contributed by atoms with E-state index in [0.717, 1.165) is 63.8 Å². The molecule has 0 spiro atoms. The highest BCUT2D eigenvalue weighted by Crippen LogP contribution is 2.22. The van der Waals surface area contributed by atoms with E-state index in [4.69, 9.17) is 9.47 Å². The molecule has 1 atom stereocenters. The van der Waals surface area contributed by atoms with Crippen molar-refractivity contribution in [1.82, 2.24) is 9.80 Å². The molecule has 2 fully saturated rings. The third-order valence-electron chi connectivity index (χ3n) is 4.64. The molecule has 1 aromatic rings. The second-order valence-electron chi connectivity index (χ2n) is 6.26. The Morgan fingerprint density at radius 3 is 2.68 bits per heavy atom. The lowest BCUT2D eigenvalue weighted by atomic mass is 10.1. The molecule has 0 amide bonds. The minimum Gasteiger partial charge on any atom is -0.496 e. The molecule has 0 unspecified atom stereocenters. The molecule has 2 aliphatic heterocycles. The van der Waals surface area contributed by atoms with Gasteiger partial charge in [0, 0.05) is 51.4 Å². The number of benzene rings is 1. The molecule has 0 aromatic heterocycles. The molecule has 1 aromatic carbocycles. The molecule has 0 N–H and O–H groups in total. The van der Waals surface area contributed by atoms with Gasteiger partial charge in [0.15, 0.2) is 0 Å².